The first-order valence-electron chi connectivity index (χ1n) is 6.79. The van der Waals surface area contributed by atoms with Crippen LogP contribution < -0.4 is 4.72 Å². The van der Waals surface area contributed by atoms with Gasteiger partial charge < -0.3 is 0 Å². The number of halogens is 1. The van der Waals surface area contributed by atoms with Gasteiger partial charge in [0.25, 0.3) is 0 Å². The van der Waals surface area contributed by atoms with Gasteiger partial charge in [0.2, 0.25) is 10.0 Å². The van der Waals surface area contributed by atoms with Crippen LogP contribution in [0, 0.1) is 11.8 Å². The third kappa shape index (κ3) is 2.60. The van der Waals surface area contributed by atoms with E-state index in [2.05, 4.69) is 20.7 Å². The molecule has 3 nitrogen and oxygen atoms in total. The van der Waals surface area contributed by atoms with Crippen LogP contribution >= 0.6 is 15.9 Å². The largest absolute Gasteiger partial charge is 0.240 e. The summed E-state index contributed by atoms with van der Waals surface area (Å²) >= 11 is 3.75. The molecule has 1 N–H and O–H groups in total. The van der Waals surface area contributed by atoms with Crippen molar-refractivity contribution in [2.24, 2.45) is 11.8 Å². The van der Waals surface area contributed by atoms with Crippen molar-refractivity contribution in [2.75, 3.05) is 0 Å². The van der Waals surface area contributed by atoms with Gasteiger partial charge in [0.05, 0.1) is 4.90 Å². The Labute approximate surface area is 123 Å². The summed E-state index contributed by atoms with van der Waals surface area (Å²) in [5.74, 6) is 1.18. The number of hydrogen-bond acceptors (Lipinski definition) is 2. The second-order valence-electron chi connectivity index (χ2n) is 5.56. The SMILES string of the molecule is O=S(=O)(NC1CCC2CCC1C2Br)c1ccccc1. The lowest BCUT2D eigenvalue weighted by Gasteiger charge is -2.33. The number of sulfonamides is 1. The van der Waals surface area contributed by atoms with E-state index in [0.717, 1.165) is 25.2 Å². The normalized spacial score (nSPS) is 34.4. The molecule has 4 unspecified atom stereocenters. The lowest BCUT2D eigenvalue weighted by Crippen LogP contribution is -2.45. The second-order valence-corrected chi connectivity index (χ2v) is 8.34. The Balaban J connectivity index is 1.78. The van der Waals surface area contributed by atoms with Crippen LogP contribution in [0.1, 0.15) is 25.7 Å². The predicted molar refractivity (Wildman–Crippen MR) is 78.7 cm³/mol. The van der Waals surface area contributed by atoms with Gasteiger partial charge in [0, 0.05) is 10.9 Å². The molecule has 2 saturated carbocycles. The Bertz CT molecular complexity index is 546. The lowest BCUT2D eigenvalue weighted by molar-refractivity contribution is 0.311. The molecule has 0 heterocycles. The zero-order chi connectivity index (χ0) is 13.5. The first kappa shape index (κ1) is 13.6. The van der Waals surface area contributed by atoms with Gasteiger partial charge in [-0.2, -0.15) is 0 Å². The number of nitrogens with one attached hydrogen (secondary N) is 1. The van der Waals surface area contributed by atoms with Crippen LogP contribution in [0.15, 0.2) is 35.2 Å². The highest BCUT2D eigenvalue weighted by molar-refractivity contribution is 9.09. The van der Waals surface area contributed by atoms with Crippen molar-refractivity contribution in [1.29, 1.82) is 0 Å². The van der Waals surface area contributed by atoms with E-state index in [1.54, 1.807) is 24.3 Å². The summed E-state index contributed by atoms with van der Waals surface area (Å²) < 4.78 is 27.6. The molecule has 2 bridgehead atoms. The molecule has 2 aliphatic rings. The standard InChI is InChI=1S/C14H18BrNO2S/c15-14-10-6-8-12(14)13(9-7-10)16-19(17,18)11-4-2-1-3-5-11/h1-5,10,12-14,16H,6-9H2. The van der Waals surface area contributed by atoms with Crippen LogP contribution in [0.4, 0.5) is 0 Å². The number of hydrogen-bond donors (Lipinski definition) is 1. The topological polar surface area (TPSA) is 46.2 Å². The van der Waals surface area contributed by atoms with Gasteiger partial charge in [-0.1, -0.05) is 34.1 Å². The number of fused-ring (bicyclic) bond motifs is 2. The summed E-state index contributed by atoms with van der Waals surface area (Å²) in [6.07, 6.45) is 4.44. The van der Waals surface area contributed by atoms with E-state index in [1.807, 2.05) is 6.07 Å². The summed E-state index contributed by atoms with van der Waals surface area (Å²) in [6, 6.07) is 8.72. The van der Waals surface area contributed by atoms with Crippen LogP contribution in [0.5, 0.6) is 0 Å². The number of rotatable bonds is 3. The summed E-state index contributed by atoms with van der Waals surface area (Å²) in [5.41, 5.74) is 0. The fourth-order valence-corrected chi connectivity index (χ4v) is 5.93. The minimum absolute atomic E-state index is 0.0772. The average Bonchev–Trinajstić information content (AvgIpc) is 2.64. The minimum Gasteiger partial charge on any atom is -0.208 e. The van der Waals surface area contributed by atoms with E-state index >= 15 is 0 Å². The van der Waals surface area contributed by atoms with Crippen molar-refractivity contribution in [3.05, 3.63) is 30.3 Å². The number of benzene rings is 1. The van der Waals surface area contributed by atoms with E-state index in [1.165, 1.54) is 6.42 Å². The van der Waals surface area contributed by atoms with E-state index in [4.69, 9.17) is 0 Å². The predicted octanol–water partition coefficient (Wildman–Crippen LogP) is 2.92. The molecule has 104 valence electrons. The Kier molecular flexibility index (Phi) is 3.71. The van der Waals surface area contributed by atoms with E-state index in [-0.39, 0.29) is 6.04 Å². The third-order valence-electron chi connectivity index (χ3n) is 4.46. The quantitative estimate of drug-likeness (QED) is 0.857. The molecule has 5 heteroatoms. The third-order valence-corrected chi connectivity index (χ3v) is 7.39. The molecule has 1 aromatic rings. The Hall–Kier alpha value is -0.390. The van der Waals surface area contributed by atoms with Crippen molar-refractivity contribution >= 4 is 26.0 Å². The van der Waals surface area contributed by atoms with Crippen molar-refractivity contribution in [3.63, 3.8) is 0 Å². The highest BCUT2D eigenvalue weighted by Crippen LogP contribution is 2.46. The molecule has 0 saturated heterocycles. The van der Waals surface area contributed by atoms with Gasteiger partial charge in [-0.3, -0.25) is 0 Å². The Morgan fingerprint density at radius 3 is 2.47 bits per heavy atom. The molecular formula is C14H18BrNO2S. The second kappa shape index (κ2) is 5.19. The molecule has 4 atom stereocenters. The van der Waals surface area contributed by atoms with Crippen LogP contribution in [-0.4, -0.2) is 19.3 Å². The highest BCUT2D eigenvalue weighted by Gasteiger charge is 2.44. The summed E-state index contributed by atoms with van der Waals surface area (Å²) in [7, 11) is -3.38. The molecule has 19 heavy (non-hydrogen) atoms. The maximum Gasteiger partial charge on any atom is 0.240 e. The maximum absolute atomic E-state index is 12.4. The molecule has 1 aromatic carbocycles. The first-order valence-corrected chi connectivity index (χ1v) is 9.19. The molecule has 0 amide bonds. The lowest BCUT2D eigenvalue weighted by atomic mass is 9.85. The monoisotopic (exact) mass is 343 g/mol. The highest BCUT2D eigenvalue weighted by atomic mass is 79.9. The molecular weight excluding hydrogens is 326 g/mol. The minimum atomic E-state index is -3.38. The van der Waals surface area contributed by atoms with Crippen molar-refractivity contribution < 1.29 is 8.42 Å². The van der Waals surface area contributed by atoms with Crippen molar-refractivity contribution in [3.8, 4) is 0 Å². The molecule has 0 aromatic heterocycles. The summed E-state index contributed by atoms with van der Waals surface area (Å²) in [4.78, 5) is 0.839. The van der Waals surface area contributed by atoms with Crippen LogP contribution in [0.25, 0.3) is 0 Å². The smallest absolute Gasteiger partial charge is 0.208 e. The van der Waals surface area contributed by atoms with E-state index in [0.29, 0.717) is 15.6 Å². The van der Waals surface area contributed by atoms with E-state index < -0.39 is 10.0 Å². The molecule has 2 aliphatic carbocycles. The van der Waals surface area contributed by atoms with Gasteiger partial charge in [-0.05, 0) is 49.7 Å². The first-order chi connectivity index (χ1) is 9.08. The average molecular weight is 344 g/mol. The maximum atomic E-state index is 12.4. The van der Waals surface area contributed by atoms with Crippen molar-refractivity contribution in [1.82, 2.24) is 4.72 Å². The van der Waals surface area contributed by atoms with E-state index in [9.17, 15) is 8.42 Å². The van der Waals surface area contributed by atoms with Gasteiger partial charge in [-0.25, -0.2) is 13.1 Å². The van der Waals surface area contributed by atoms with Gasteiger partial charge >= 0.3 is 0 Å². The van der Waals surface area contributed by atoms with Gasteiger partial charge in [0.15, 0.2) is 0 Å². The van der Waals surface area contributed by atoms with Gasteiger partial charge in [0.1, 0.15) is 0 Å². The summed E-state index contributed by atoms with van der Waals surface area (Å²) in [5, 5.41) is 0. The molecule has 0 spiro atoms. The van der Waals surface area contributed by atoms with Crippen LogP contribution in [-0.2, 0) is 10.0 Å². The Morgan fingerprint density at radius 2 is 1.74 bits per heavy atom. The van der Waals surface area contributed by atoms with Gasteiger partial charge in [-0.15, -0.1) is 0 Å². The fraction of sp³-hybridized carbons (Fsp3) is 0.571. The number of alkyl halides is 1. The zero-order valence-electron chi connectivity index (χ0n) is 10.6. The van der Waals surface area contributed by atoms with Crippen LogP contribution in [0.3, 0.4) is 0 Å². The molecule has 0 aliphatic heterocycles. The molecule has 3 rings (SSSR count). The molecule has 0 radical (unpaired) electrons. The zero-order valence-corrected chi connectivity index (χ0v) is 13.0. The Morgan fingerprint density at radius 1 is 1.05 bits per heavy atom. The molecule has 2 fully saturated rings. The fourth-order valence-electron chi connectivity index (χ4n) is 3.42. The van der Waals surface area contributed by atoms with Crippen molar-refractivity contribution in [2.45, 2.75) is 41.4 Å². The summed E-state index contributed by atoms with van der Waals surface area (Å²) in [6.45, 7) is 0. The van der Waals surface area contributed by atoms with Crippen LogP contribution in [0.2, 0.25) is 0 Å².